The normalized spacial score (nSPS) is 17.3. The number of benzene rings is 3. The van der Waals surface area contributed by atoms with E-state index in [1.165, 1.54) is 0 Å². The molecule has 1 aliphatic rings. The monoisotopic (exact) mass is 517 g/mol. The number of aromatic nitrogens is 2. The minimum absolute atomic E-state index is 0.258. The van der Waals surface area contributed by atoms with Crippen LogP contribution in [-0.2, 0) is 24.9 Å². The molecule has 0 bridgehead atoms. The molecule has 37 heavy (non-hydrogen) atoms. The molecular weight excluding hydrogens is 490 g/mol. The molecule has 1 atom stereocenters. The molecule has 0 saturated carbocycles. The van der Waals surface area contributed by atoms with Gasteiger partial charge in [-0.2, -0.15) is 0 Å². The van der Waals surface area contributed by atoms with Gasteiger partial charge in [-0.15, -0.1) is 0 Å². The number of nitrogens with one attached hydrogen (secondary N) is 1. The number of phenols is 1. The quantitative estimate of drug-likeness (QED) is 0.331. The third-order valence-electron chi connectivity index (χ3n) is 6.49. The van der Waals surface area contributed by atoms with Gasteiger partial charge in [0.25, 0.3) is 5.24 Å². The van der Waals surface area contributed by atoms with E-state index in [1.54, 1.807) is 6.92 Å². The summed E-state index contributed by atoms with van der Waals surface area (Å²) in [5, 5.41) is 12.0. The minimum atomic E-state index is -0.797. The highest BCUT2D eigenvalue weighted by Gasteiger charge is 2.43. The van der Waals surface area contributed by atoms with Gasteiger partial charge in [0.05, 0.1) is 11.0 Å². The van der Waals surface area contributed by atoms with Crippen molar-refractivity contribution in [1.29, 1.82) is 0 Å². The number of imidazole rings is 1. The maximum Gasteiger partial charge on any atom is 0.286 e. The van der Waals surface area contributed by atoms with Crippen LogP contribution in [0.15, 0.2) is 54.6 Å². The van der Waals surface area contributed by atoms with Crippen molar-refractivity contribution in [3.8, 4) is 23.0 Å². The van der Waals surface area contributed by atoms with Gasteiger partial charge in [0.2, 0.25) is 5.91 Å². The van der Waals surface area contributed by atoms with E-state index in [-0.39, 0.29) is 23.5 Å². The molecule has 1 aromatic heterocycles. The van der Waals surface area contributed by atoms with E-state index in [4.69, 9.17) is 14.5 Å². The molecule has 1 aliphatic heterocycles. The van der Waals surface area contributed by atoms with Crippen LogP contribution in [0.25, 0.3) is 11.0 Å². The Hall–Kier alpha value is -3.98. The Bertz CT molecular complexity index is 1510. The van der Waals surface area contributed by atoms with Gasteiger partial charge in [0.1, 0.15) is 40.2 Å². The van der Waals surface area contributed by atoms with E-state index in [2.05, 4.69) is 5.32 Å². The van der Waals surface area contributed by atoms with Gasteiger partial charge >= 0.3 is 0 Å². The number of hydrogen-bond acceptors (Lipinski definition) is 7. The van der Waals surface area contributed by atoms with Crippen molar-refractivity contribution < 1.29 is 24.2 Å². The Morgan fingerprint density at radius 1 is 1.00 bits per heavy atom. The van der Waals surface area contributed by atoms with Gasteiger partial charge in [0.15, 0.2) is 0 Å². The van der Waals surface area contributed by atoms with Crippen LogP contribution in [-0.4, -0.2) is 30.6 Å². The zero-order chi connectivity index (χ0) is 26.3. The Morgan fingerprint density at radius 2 is 1.68 bits per heavy atom. The second-order valence-corrected chi connectivity index (χ2v) is 10.9. The predicted molar refractivity (Wildman–Crippen MR) is 142 cm³/mol. The summed E-state index contributed by atoms with van der Waals surface area (Å²) in [5.41, 5.74) is 4.21. The number of rotatable bonds is 7. The Labute approximate surface area is 218 Å². The maximum atomic E-state index is 12.1. The lowest BCUT2D eigenvalue weighted by Crippen LogP contribution is -2.35. The lowest BCUT2D eigenvalue weighted by Gasteiger charge is -2.18. The number of aryl methyl sites for hydroxylation is 3. The van der Waals surface area contributed by atoms with Crippen LogP contribution >= 0.6 is 11.8 Å². The Morgan fingerprint density at radius 3 is 2.32 bits per heavy atom. The molecule has 4 aromatic rings. The second kappa shape index (κ2) is 9.48. The van der Waals surface area contributed by atoms with Crippen LogP contribution in [0.1, 0.15) is 29.4 Å². The molecule has 2 amide bonds. The van der Waals surface area contributed by atoms with E-state index < -0.39 is 4.75 Å². The summed E-state index contributed by atoms with van der Waals surface area (Å²) in [6, 6.07) is 16.8. The molecule has 2 N–H and O–H groups in total. The van der Waals surface area contributed by atoms with E-state index >= 15 is 0 Å². The number of hydrogen-bond donors (Lipinski definition) is 2. The summed E-state index contributed by atoms with van der Waals surface area (Å²) < 4.78 is 13.2. The number of nitrogens with zero attached hydrogens (tertiary/aromatic N) is 2. The van der Waals surface area contributed by atoms with Crippen LogP contribution in [0, 0.1) is 13.8 Å². The van der Waals surface area contributed by atoms with Crippen molar-refractivity contribution >= 4 is 33.9 Å². The summed E-state index contributed by atoms with van der Waals surface area (Å²) in [6.07, 6.45) is 0.452. The smallest absolute Gasteiger partial charge is 0.286 e. The van der Waals surface area contributed by atoms with Crippen molar-refractivity contribution in [3.63, 3.8) is 0 Å². The average Bonchev–Trinajstić information content (AvgIpc) is 3.30. The van der Waals surface area contributed by atoms with Crippen LogP contribution in [0.4, 0.5) is 4.79 Å². The number of ether oxygens (including phenoxy) is 2. The summed E-state index contributed by atoms with van der Waals surface area (Å²) in [5.74, 6) is 2.80. The zero-order valence-electron chi connectivity index (χ0n) is 21.0. The number of imide groups is 1. The van der Waals surface area contributed by atoms with E-state index in [1.807, 2.05) is 80.1 Å². The number of aromatic hydroxyl groups is 1. The molecule has 1 saturated heterocycles. The van der Waals surface area contributed by atoms with Crippen LogP contribution in [0.5, 0.6) is 23.0 Å². The van der Waals surface area contributed by atoms with Gasteiger partial charge < -0.3 is 19.1 Å². The molecule has 3 aromatic carbocycles. The second-order valence-electron chi connectivity index (χ2n) is 9.43. The predicted octanol–water partition coefficient (Wildman–Crippen LogP) is 5.55. The van der Waals surface area contributed by atoms with Crippen LogP contribution in [0.2, 0.25) is 0 Å². The number of thioether (sulfide) groups is 1. The fourth-order valence-electron chi connectivity index (χ4n) is 4.38. The maximum absolute atomic E-state index is 12.1. The average molecular weight is 518 g/mol. The lowest BCUT2D eigenvalue weighted by molar-refractivity contribution is -0.121. The summed E-state index contributed by atoms with van der Waals surface area (Å²) >= 11 is 1.03. The molecule has 190 valence electrons. The number of fused-ring (bicyclic) bond motifs is 1. The molecule has 9 heteroatoms. The number of phenolic OH excluding ortho intramolecular Hbond substituents is 1. The molecule has 5 rings (SSSR count). The van der Waals surface area contributed by atoms with E-state index in [0.717, 1.165) is 45.3 Å². The summed E-state index contributed by atoms with van der Waals surface area (Å²) in [7, 11) is 1.93. The first kappa shape index (κ1) is 24.7. The molecule has 0 unspecified atom stereocenters. The summed E-state index contributed by atoms with van der Waals surface area (Å²) in [4.78, 5) is 28.3. The highest BCUT2D eigenvalue weighted by molar-refractivity contribution is 8.16. The first-order valence-corrected chi connectivity index (χ1v) is 12.6. The van der Waals surface area contributed by atoms with Gasteiger partial charge in [-0.3, -0.25) is 14.9 Å². The molecule has 2 heterocycles. The topological polar surface area (TPSA) is 103 Å². The fraction of sp³-hybridized carbons (Fsp3) is 0.250. The molecular formula is C28H27N3O5S. The van der Waals surface area contributed by atoms with Crippen molar-refractivity contribution in [2.24, 2.45) is 7.05 Å². The first-order chi connectivity index (χ1) is 17.6. The van der Waals surface area contributed by atoms with Gasteiger partial charge in [-0.05, 0) is 92.0 Å². The molecule has 8 nitrogen and oxygen atoms in total. The van der Waals surface area contributed by atoms with E-state index in [9.17, 15) is 14.7 Å². The molecule has 1 fully saturated rings. The lowest BCUT2D eigenvalue weighted by atomic mass is 9.99. The summed E-state index contributed by atoms with van der Waals surface area (Å²) in [6.45, 7) is 5.74. The number of carbonyl (C=O) groups excluding carboxylic acids is 2. The first-order valence-electron chi connectivity index (χ1n) is 11.8. The zero-order valence-corrected chi connectivity index (χ0v) is 21.8. The van der Waals surface area contributed by atoms with Crippen molar-refractivity contribution in [2.75, 3.05) is 0 Å². The van der Waals surface area contributed by atoms with Crippen LogP contribution in [0.3, 0.4) is 0 Å². The van der Waals surface area contributed by atoms with Gasteiger partial charge in [0, 0.05) is 13.1 Å². The van der Waals surface area contributed by atoms with Crippen molar-refractivity contribution in [2.45, 2.75) is 38.5 Å². The molecule has 0 spiro atoms. The minimum Gasteiger partial charge on any atom is -0.507 e. The van der Waals surface area contributed by atoms with Gasteiger partial charge in [-0.1, -0.05) is 12.1 Å². The molecule has 0 aliphatic carbocycles. The Kier molecular flexibility index (Phi) is 6.33. The van der Waals surface area contributed by atoms with E-state index in [0.29, 0.717) is 23.7 Å². The SMILES string of the molecule is Cc1cc(Oc2ccc3nc(COc4ccc(C[C@@]5(C)SC(=O)NC5=O)cc4)n(C)c3c2)cc(C)c1O. The third kappa shape index (κ3) is 4.99. The Balaban J connectivity index is 1.26. The highest BCUT2D eigenvalue weighted by Crippen LogP contribution is 2.35. The number of amides is 2. The van der Waals surface area contributed by atoms with Gasteiger partial charge in [-0.25, -0.2) is 4.98 Å². The van der Waals surface area contributed by atoms with Crippen molar-refractivity contribution in [1.82, 2.24) is 14.9 Å². The highest BCUT2D eigenvalue weighted by atomic mass is 32.2. The largest absolute Gasteiger partial charge is 0.507 e. The number of carbonyl (C=O) groups is 2. The van der Waals surface area contributed by atoms with Crippen LogP contribution < -0.4 is 14.8 Å². The van der Waals surface area contributed by atoms with Crippen molar-refractivity contribution in [3.05, 3.63) is 77.1 Å². The molecule has 0 radical (unpaired) electrons. The standard InChI is InChI=1S/C28H27N3O5S/c1-16-11-21(12-17(2)25(16)32)36-20-9-10-22-23(13-20)31(4)24(29-22)15-35-19-7-5-18(6-8-19)14-28(3)26(33)30-27(34)37-28/h5-13,32H,14-15H2,1-4H3,(H,30,33,34)/t28-/m1/s1. The third-order valence-corrected chi connectivity index (χ3v) is 7.56. The fourth-order valence-corrected chi connectivity index (χ4v) is 5.32.